The van der Waals surface area contributed by atoms with Gasteiger partial charge in [-0.05, 0) is 25.1 Å². The predicted octanol–water partition coefficient (Wildman–Crippen LogP) is 2.63. The number of carbonyl (C=O) groups excluding carboxylic acids is 1. The van der Waals surface area contributed by atoms with Crippen molar-refractivity contribution in [3.63, 3.8) is 0 Å². The van der Waals surface area contributed by atoms with Gasteiger partial charge in [-0.2, -0.15) is 11.8 Å². The summed E-state index contributed by atoms with van der Waals surface area (Å²) in [5.74, 6) is -0.254. The van der Waals surface area contributed by atoms with Crippen LogP contribution in [-0.2, 0) is 14.8 Å². The molecule has 0 radical (unpaired) electrons. The summed E-state index contributed by atoms with van der Waals surface area (Å²) in [4.78, 5) is 12.3. The molecule has 0 saturated carbocycles. The first-order valence-electron chi connectivity index (χ1n) is 7.58. The second-order valence-electron chi connectivity index (χ2n) is 6.47. The number of hydrogen-bond acceptors (Lipinski definition) is 4. The van der Waals surface area contributed by atoms with Gasteiger partial charge in [0.1, 0.15) is 11.9 Å². The van der Waals surface area contributed by atoms with Crippen LogP contribution in [0.5, 0.6) is 0 Å². The fourth-order valence-corrected chi connectivity index (χ4v) is 4.08. The Morgan fingerprint density at radius 3 is 2.50 bits per heavy atom. The van der Waals surface area contributed by atoms with Gasteiger partial charge in [0.15, 0.2) is 0 Å². The van der Waals surface area contributed by atoms with Crippen molar-refractivity contribution in [1.82, 2.24) is 5.32 Å². The van der Waals surface area contributed by atoms with E-state index in [0.29, 0.717) is 6.54 Å². The number of carbonyl (C=O) groups is 1. The summed E-state index contributed by atoms with van der Waals surface area (Å²) < 4.78 is 38.6. The van der Waals surface area contributed by atoms with Gasteiger partial charge in [-0.1, -0.05) is 26.8 Å². The highest BCUT2D eigenvalue weighted by atomic mass is 32.2. The minimum absolute atomic E-state index is 0.0940. The lowest BCUT2D eigenvalue weighted by Crippen LogP contribution is -2.48. The molecule has 0 aromatic heterocycles. The average molecular weight is 377 g/mol. The summed E-state index contributed by atoms with van der Waals surface area (Å²) in [7, 11) is -3.73. The average Bonchev–Trinajstić information content (AvgIpc) is 2.41. The lowest BCUT2D eigenvalue weighted by Gasteiger charge is -2.28. The Kier molecular flexibility index (Phi) is 7.10. The number of benzene rings is 1. The van der Waals surface area contributed by atoms with Gasteiger partial charge < -0.3 is 5.32 Å². The van der Waals surface area contributed by atoms with Crippen molar-refractivity contribution in [3.8, 4) is 0 Å². The van der Waals surface area contributed by atoms with E-state index < -0.39 is 27.8 Å². The number of halogens is 1. The van der Waals surface area contributed by atoms with Crippen LogP contribution in [-0.4, -0.2) is 43.7 Å². The summed E-state index contributed by atoms with van der Waals surface area (Å²) in [5, 5.41) is 2.73. The molecule has 1 aromatic rings. The van der Waals surface area contributed by atoms with Gasteiger partial charge in [-0.25, -0.2) is 12.8 Å². The fourth-order valence-electron chi connectivity index (χ4n) is 2.10. The zero-order valence-electron chi connectivity index (χ0n) is 14.7. The normalized spacial score (nSPS) is 13.4. The molecule has 8 heteroatoms. The molecule has 1 atom stereocenters. The molecule has 0 saturated heterocycles. The van der Waals surface area contributed by atoms with Gasteiger partial charge in [0.25, 0.3) is 0 Å². The van der Waals surface area contributed by atoms with Crippen LogP contribution in [0.3, 0.4) is 0 Å². The lowest BCUT2D eigenvalue weighted by molar-refractivity contribution is -0.121. The largest absolute Gasteiger partial charge is 0.353 e. The van der Waals surface area contributed by atoms with Gasteiger partial charge in [-0.15, -0.1) is 0 Å². The van der Waals surface area contributed by atoms with Crippen LogP contribution in [0.4, 0.5) is 10.1 Å². The van der Waals surface area contributed by atoms with E-state index in [4.69, 9.17) is 0 Å². The monoisotopic (exact) mass is 376 g/mol. The van der Waals surface area contributed by atoms with Gasteiger partial charge in [0.05, 0.1) is 11.9 Å². The van der Waals surface area contributed by atoms with E-state index in [1.54, 1.807) is 11.8 Å². The number of nitrogens with zero attached hydrogens (tertiary/aromatic N) is 1. The van der Waals surface area contributed by atoms with Crippen LogP contribution in [0.2, 0.25) is 0 Å². The highest BCUT2D eigenvalue weighted by Gasteiger charge is 2.29. The Hall–Kier alpha value is -1.28. The Balaban J connectivity index is 2.82. The Bertz CT molecular complexity index is 672. The number of nitrogens with one attached hydrogen (secondary N) is 1. The van der Waals surface area contributed by atoms with Crippen molar-refractivity contribution < 1.29 is 17.6 Å². The van der Waals surface area contributed by atoms with Gasteiger partial charge in [0.2, 0.25) is 15.9 Å². The quantitative estimate of drug-likeness (QED) is 0.743. The van der Waals surface area contributed by atoms with Gasteiger partial charge in [0, 0.05) is 17.0 Å². The predicted molar refractivity (Wildman–Crippen MR) is 98.4 cm³/mol. The molecule has 1 amide bonds. The van der Waals surface area contributed by atoms with E-state index in [2.05, 4.69) is 26.1 Å². The molecule has 1 aromatic carbocycles. The Labute approximate surface area is 148 Å². The number of rotatable bonds is 7. The third-order valence-corrected chi connectivity index (χ3v) is 5.60. The molecule has 24 heavy (non-hydrogen) atoms. The fraction of sp³-hybridized carbons (Fsp3) is 0.562. The third-order valence-electron chi connectivity index (χ3n) is 3.09. The summed E-state index contributed by atoms with van der Waals surface area (Å²) >= 11 is 1.70. The van der Waals surface area contributed by atoms with E-state index in [9.17, 15) is 17.6 Å². The van der Waals surface area contributed by atoms with Crippen molar-refractivity contribution in [2.75, 3.05) is 22.9 Å². The van der Waals surface area contributed by atoms with Gasteiger partial charge in [-0.3, -0.25) is 9.10 Å². The second-order valence-corrected chi connectivity index (χ2v) is 10.2. The summed E-state index contributed by atoms with van der Waals surface area (Å²) in [6.45, 7) is 8.16. The van der Waals surface area contributed by atoms with Crippen LogP contribution in [0.1, 0.15) is 27.7 Å². The summed E-state index contributed by atoms with van der Waals surface area (Å²) in [6, 6.07) is 4.22. The first-order valence-corrected chi connectivity index (χ1v) is 10.4. The molecule has 0 bridgehead atoms. The van der Waals surface area contributed by atoms with Crippen molar-refractivity contribution in [2.24, 2.45) is 0 Å². The van der Waals surface area contributed by atoms with Crippen molar-refractivity contribution in [3.05, 3.63) is 30.1 Å². The maximum absolute atomic E-state index is 13.4. The maximum atomic E-state index is 13.4. The van der Waals surface area contributed by atoms with Crippen molar-refractivity contribution >= 4 is 33.4 Å². The first kappa shape index (κ1) is 20.8. The highest BCUT2D eigenvalue weighted by molar-refractivity contribution is 8.00. The molecule has 0 heterocycles. The standard InChI is InChI=1S/C16H25FN2O3S2/c1-12(15(20)18-9-10-23-16(2,3)4)19(24(5,21)22)14-8-6-7-13(17)11-14/h6-8,11-12H,9-10H2,1-5H3,(H,18,20)/t12-/m1/s1. The third kappa shape index (κ3) is 6.68. The first-order chi connectivity index (χ1) is 10.9. The SMILES string of the molecule is C[C@H](C(=O)NCCSC(C)(C)C)N(c1cccc(F)c1)S(C)(=O)=O. The minimum Gasteiger partial charge on any atom is -0.353 e. The number of hydrogen-bond donors (Lipinski definition) is 1. The topological polar surface area (TPSA) is 66.5 Å². The molecule has 0 aliphatic carbocycles. The van der Waals surface area contributed by atoms with Crippen LogP contribution >= 0.6 is 11.8 Å². The van der Waals surface area contributed by atoms with E-state index in [-0.39, 0.29) is 10.4 Å². The number of thioether (sulfide) groups is 1. The number of amides is 1. The maximum Gasteiger partial charge on any atom is 0.243 e. The molecule has 0 fully saturated rings. The van der Waals surface area contributed by atoms with E-state index in [1.165, 1.54) is 25.1 Å². The molecular formula is C16H25FN2O3S2. The Morgan fingerprint density at radius 1 is 1.38 bits per heavy atom. The van der Waals surface area contributed by atoms with Gasteiger partial charge >= 0.3 is 0 Å². The van der Waals surface area contributed by atoms with Crippen LogP contribution < -0.4 is 9.62 Å². The van der Waals surface area contributed by atoms with Crippen LogP contribution in [0.15, 0.2) is 24.3 Å². The molecule has 136 valence electrons. The van der Waals surface area contributed by atoms with Crippen LogP contribution in [0, 0.1) is 5.82 Å². The molecule has 5 nitrogen and oxygen atoms in total. The van der Waals surface area contributed by atoms with Crippen molar-refractivity contribution in [2.45, 2.75) is 38.5 Å². The number of anilines is 1. The zero-order chi connectivity index (χ0) is 18.5. The summed E-state index contributed by atoms with van der Waals surface area (Å²) in [6.07, 6.45) is 0.997. The van der Waals surface area contributed by atoms with Crippen LogP contribution in [0.25, 0.3) is 0 Å². The van der Waals surface area contributed by atoms with Crippen molar-refractivity contribution in [1.29, 1.82) is 0 Å². The number of sulfonamides is 1. The highest BCUT2D eigenvalue weighted by Crippen LogP contribution is 2.23. The second kappa shape index (κ2) is 8.20. The molecule has 0 aliphatic rings. The molecular weight excluding hydrogens is 351 g/mol. The zero-order valence-corrected chi connectivity index (χ0v) is 16.3. The summed E-state index contributed by atoms with van der Waals surface area (Å²) in [5.41, 5.74) is 0.129. The smallest absolute Gasteiger partial charge is 0.243 e. The molecule has 1 N–H and O–H groups in total. The molecule has 0 aliphatic heterocycles. The molecule has 0 unspecified atom stereocenters. The molecule has 1 rings (SSSR count). The van der Waals surface area contributed by atoms with E-state index >= 15 is 0 Å². The van der Waals surface area contributed by atoms with E-state index in [1.807, 2.05) is 0 Å². The lowest BCUT2D eigenvalue weighted by atomic mass is 10.2. The van der Waals surface area contributed by atoms with E-state index in [0.717, 1.165) is 22.4 Å². The minimum atomic E-state index is -3.73. The molecule has 0 spiro atoms. The Morgan fingerprint density at radius 2 is 2.00 bits per heavy atom.